The highest BCUT2D eigenvalue weighted by Crippen LogP contribution is 2.31. The minimum absolute atomic E-state index is 0.717. The Morgan fingerprint density at radius 1 is 0.952 bits per heavy atom. The van der Waals surface area contributed by atoms with Crippen LogP contribution in [0, 0.1) is 0 Å². The summed E-state index contributed by atoms with van der Waals surface area (Å²) in [7, 11) is 0. The summed E-state index contributed by atoms with van der Waals surface area (Å²) in [5.41, 5.74) is 7.31. The molecule has 0 aromatic carbocycles. The van der Waals surface area contributed by atoms with E-state index in [0.29, 0.717) is 5.82 Å². The molecule has 0 unspecified atom stereocenters. The van der Waals surface area contributed by atoms with E-state index in [0.717, 1.165) is 18.6 Å². The number of hydrogen-bond donors (Lipinski definition) is 1. The highest BCUT2D eigenvalue weighted by molar-refractivity contribution is 5.38. The summed E-state index contributed by atoms with van der Waals surface area (Å²) in [6.45, 7) is 0.995. The fourth-order valence-corrected chi connectivity index (χ4v) is 4.16. The van der Waals surface area contributed by atoms with Gasteiger partial charge in [0.05, 0.1) is 0 Å². The van der Waals surface area contributed by atoms with Gasteiger partial charge < -0.3 is 5.73 Å². The van der Waals surface area contributed by atoms with Gasteiger partial charge in [0, 0.05) is 30.4 Å². The van der Waals surface area contributed by atoms with Gasteiger partial charge in [-0.05, 0) is 31.7 Å². The Balaban J connectivity index is 1.75. The third-order valence-electron chi connectivity index (χ3n) is 5.37. The molecule has 0 bridgehead atoms. The van der Waals surface area contributed by atoms with Crippen LogP contribution >= 0.6 is 0 Å². The van der Waals surface area contributed by atoms with Gasteiger partial charge in [-0.15, -0.1) is 0 Å². The van der Waals surface area contributed by atoms with Gasteiger partial charge >= 0.3 is 0 Å². The van der Waals surface area contributed by atoms with E-state index in [1.165, 1.54) is 69.8 Å². The van der Waals surface area contributed by atoms with Gasteiger partial charge in [0.1, 0.15) is 5.82 Å². The van der Waals surface area contributed by atoms with Crippen LogP contribution in [-0.2, 0) is 6.54 Å². The summed E-state index contributed by atoms with van der Waals surface area (Å²) >= 11 is 0. The maximum atomic E-state index is 6.09. The van der Waals surface area contributed by atoms with Gasteiger partial charge in [-0.1, -0.05) is 44.6 Å². The lowest BCUT2D eigenvalue weighted by molar-refractivity contribution is 0.0732. The van der Waals surface area contributed by atoms with Gasteiger partial charge in [-0.3, -0.25) is 4.90 Å². The fourth-order valence-electron chi connectivity index (χ4n) is 4.16. The van der Waals surface area contributed by atoms with E-state index < -0.39 is 0 Å². The molecule has 3 rings (SSSR count). The summed E-state index contributed by atoms with van der Waals surface area (Å²) in [6.07, 6.45) is 15.7. The first-order chi connectivity index (χ1) is 10.3. The van der Waals surface area contributed by atoms with Crippen LogP contribution in [0.3, 0.4) is 0 Å². The van der Waals surface area contributed by atoms with Crippen LogP contribution in [0.1, 0.15) is 69.8 Å². The first-order valence-corrected chi connectivity index (χ1v) is 8.79. The maximum Gasteiger partial charge on any atom is 0.127 e. The molecule has 2 saturated carbocycles. The summed E-state index contributed by atoms with van der Waals surface area (Å²) in [5.74, 6) is 0.717. The number of aromatic nitrogens is 1. The molecule has 21 heavy (non-hydrogen) atoms. The van der Waals surface area contributed by atoms with Gasteiger partial charge in [-0.25, -0.2) is 4.98 Å². The maximum absolute atomic E-state index is 6.09. The normalized spacial score (nSPS) is 21.8. The van der Waals surface area contributed by atoms with Crippen LogP contribution in [0.25, 0.3) is 0 Å². The molecule has 2 fully saturated rings. The highest BCUT2D eigenvalue weighted by atomic mass is 15.2. The molecule has 2 aliphatic rings. The zero-order chi connectivity index (χ0) is 14.5. The van der Waals surface area contributed by atoms with Gasteiger partial charge in [0.2, 0.25) is 0 Å². The van der Waals surface area contributed by atoms with E-state index in [9.17, 15) is 0 Å². The van der Waals surface area contributed by atoms with Gasteiger partial charge in [0.15, 0.2) is 0 Å². The summed E-state index contributed by atoms with van der Waals surface area (Å²) < 4.78 is 0. The van der Waals surface area contributed by atoms with Crippen molar-refractivity contribution < 1.29 is 0 Å². The number of nitrogens with two attached hydrogens (primary N) is 1. The lowest BCUT2D eigenvalue weighted by atomic mass is 9.88. The third-order valence-corrected chi connectivity index (χ3v) is 5.37. The average Bonchev–Trinajstić information content (AvgIpc) is 2.56. The number of nitrogen functional groups attached to an aromatic ring is 1. The van der Waals surface area contributed by atoms with Crippen LogP contribution < -0.4 is 5.73 Å². The molecule has 2 N–H and O–H groups in total. The van der Waals surface area contributed by atoms with Crippen LogP contribution in [0.5, 0.6) is 0 Å². The second-order valence-electron chi connectivity index (χ2n) is 6.80. The first kappa shape index (κ1) is 14.8. The largest absolute Gasteiger partial charge is 0.383 e. The van der Waals surface area contributed by atoms with Crippen molar-refractivity contribution in [2.24, 2.45) is 0 Å². The molecule has 0 radical (unpaired) electrons. The van der Waals surface area contributed by atoms with Crippen LogP contribution in [0.2, 0.25) is 0 Å². The molecule has 3 heteroatoms. The average molecular weight is 287 g/mol. The lowest BCUT2D eigenvalue weighted by Gasteiger charge is -2.41. The molecule has 0 aliphatic heterocycles. The Bertz CT molecular complexity index is 416. The van der Waals surface area contributed by atoms with E-state index in [-0.39, 0.29) is 0 Å². The molecular formula is C18H29N3. The molecule has 3 nitrogen and oxygen atoms in total. The smallest absolute Gasteiger partial charge is 0.127 e. The molecule has 2 aliphatic carbocycles. The predicted octanol–water partition coefficient (Wildman–Crippen LogP) is 4.13. The minimum Gasteiger partial charge on any atom is -0.383 e. The number of pyridine rings is 1. The van der Waals surface area contributed by atoms with Crippen LogP contribution in [0.15, 0.2) is 18.3 Å². The zero-order valence-corrected chi connectivity index (χ0v) is 13.1. The van der Waals surface area contributed by atoms with Gasteiger partial charge in [-0.2, -0.15) is 0 Å². The number of hydrogen-bond acceptors (Lipinski definition) is 3. The van der Waals surface area contributed by atoms with Crippen molar-refractivity contribution in [3.8, 4) is 0 Å². The summed E-state index contributed by atoms with van der Waals surface area (Å²) in [4.78, 5) is 7.06. The number of rotatable bonds is 4. The molecule has 0 atom stereocenters. The second kappa shape index (κ2) is 7.26. The minimum atomic E-state index is 0.717. The summed E-state index contributed by atoms with van der Waals surface area (Å²) in [5, 5.41) is 0. The fraction of sp³-hybridized carbons (Fsp3) is 0.722. The van der Waals surface area contributed by atoms with E-state index in [2.05, 4.69) is 16.0 Å². The third kappa shape index (κ3) is 3.76. The molecular weight excluding hydrogens is 258 g/mol. The van der Waals surface area contributed by atoms with Crippen molar-refractivity contribution in [1.29, 1.82) is 0 Å². The molecule has 1 aromatic rings. The molecule has 0 spiro atoms. The Morgan fingerprint density at radius 2 is 1.52 bits per heavy atom. The zero-order valence-electron chi connectivity index (χ0n) is 13.1. The Hall–Kier alpha value is -1.09. The van der Waals surface area contributed by atoms with E-state index in [1.807, 2.05) is 6.07 Å². The topological polar surface area (TPSA) is 42.1 Å². The van der Waals surface area contributed by atoms with Crippen molar-refractivity contribution in [3.05, 3.63) is 23.9 Å². The molecule has 0 saturated heterocycles. The van der Waals surface area contributed by atoms with Crippen molar-refractivity contribution in [3.63, 3.8) is 0 Å². The quantitative estimate of drug-likeness (QED) is 0.905. The monoisotopic (exact) mass is 287 g/mol. The molecule has 1 aromatic heterocycles. The van der Waals surface area contributed by atoms with Crippen LogP contribution in [0.4, 0.5) is 5.82 Å². The SMILES string of the molecule is Nc1ncccc1CN(C1CCCCC1)C1CCCCC1. The Morgan fingerprint density at radius 3 is 2.05 bits per heavy atom. The first-order valence-electron chi connectivity index (χ1n) is 8.79. The van der Waals surface area contributed by atoms with Crippen LogP contribution in [-0.4, -0.2) is 22.0 Å². The van der Waals surface area contributed by atoms with Crippen molar-refractivity contribution in [2.45, 2.75) is 82.8 Å². The highest BCUT2D eigenvalue weighted by Gasteiger charge is 2.29. The second-order valence-corrected chi connectivity index (χ2v) is 6.80. The lowest BCUT2D eigenvalue weighted by Crippen LogP contribution is -2.44. The number of anilines is 1. The number of nitrogens with zero attached hydrogens (tertiary/aromatic N) is 2. The predicted molar refractivity (Wildman–Crippen MR) is 87.9 cm³/mol. The van der Waals surface area contributed by atoms with E-state index in [1.54, 1.807) is 6.20 Å². The van der Waals surface area contributed by atoms with Crippen molar-refractivity contribution in [1.82, 2.24) is 9.88 Å². The standard InChI is InChI=1S/C18H29N3/c19-18-15(8-7-13-20-18)14-21(16-9-3-1-4-10-16)17-11-5-2-6-12-17/h7-8,13,16-17H,1-6,9-12,14H2,(H2,19,20). The Labute approximate surface area is 128 Å². The Kier molecular flexibility index (Phi) is 5.13. The van der Waals surface area contributed by atoms with Crippen molar-refractivity contribution >= 4 is 5.82 Å². The van der Waals surface area contributed by atoms with E-state index in [4.69, 9.17) is 5.73 Å². The van der Waals surface area contributed by atoms with E-state index >= 15 is 0 Å². The molecule has 0 amide bonds. The molecule has 1 heterocycles. The van der Waals surface area contributed by atoms with Gasteiger partial charge in [0.25, 0.3) is 0 Å². The van der Waals surface area contributed by atoms with Crippen molar-refractivity contribution in [2.75, 3.05) is 5.73 Å². The summed E-state index contributed by atoms with van der Waals surface area (Å²) in [6, 6.07) is 5.70. The molecule has 116 valence electrons.